The quantitative estimate of drug-likeness (QED) is 0.617. The molecule has 0 radical (unpaired) electrons. The molecule has 1 aromatic carbocycles. The van der Waals surface area contributed by atoms with Crippen molar-refractivity contribution in [2.24, 2.45) is 5.92 Å². The van der Waals surface area contributed by atoms with Crippen molar-refractivity contribution in [3.8, 4) is 11.5 Å². The maximum Gasteiger partial charge on any atom is 0.262 e. The minimum atomic E-state index is -0.151. The zero-order valence-corrected chi connectivity index (χ0v) is 17.1. The molecule has 1 aliphatic heterocycles. The van der Waals surface area contributed by atoms with Crippen molar-refractivity contribution in [1.82, 2.24) is 9.55 Å². The third kappa shape index (κ3) is 3.33. The standard InChI is InChI=1S/C22H22N2O4S/c1-13-3-5-15-19(9-13)29-21-20(15)22(26)24(12-23-21)11-16(25)14-4-6-17-18(10-14)28-8-2-7-27-17/h4,6,10,12-13H,2-3,5,7-9,11H2,1H3/t13-/m0/s1. The van der Waals surface area contributed by atoms with E-state index in [2.05, 4.69) is 11.9 Å². The van der Waals surface area contributed by atoms with Gasteiger partial charge in [-0.3, -0.25) is 14.2 Å². The van der Waals surface area contributed by atoms with Crippen LogP contribution >= 0.6 is 11.3 Å². The highest BCUT2D eigenvalue weighted by Gasteiger charge is 2.23. The number of aryl methyl sites for hydroxylation is 1. The van der Waals surface area contributed by atoms with Crippen LogP contribution in [0.1, 0.15) is 40.6 Å². The van der Waals surface area contributed by atoms with Gasteiger partial charge < -0.3 is 9.47 Å². The molecule has 2 aliphatic rings. The van der Waals surface area contributed by atoms with Crippen LogP contribution in [0.4, 0.5) is 0 Å². The number of aromatic nitrogens is 2. The van der Waals surface area contributed by atoms with Crippen LogP contribution < -0.4 is 15.0 Å². The smallest absolute Gasteiger partial charge is 0.262 e. The topological polar surface area (TPSA) is 70.4 Å². The molecule has 0 amide bonds. The molecule has 7 heteroatoms. The van der Waals surface area contributed by atoms with E-state index in [1.807, 2.05) is 0 Å². The number of hydrogen-bond acceptors (Lipinski definition) is 6. The molecule has 29 heavy (non-hydrogen) atoms. The summed E-state index contributed by atoms with van der Waals surface area (Å²) < 4.78 is 12.7. The maximum absolute atomic E-state index is 13.1. The Bertz CT molecular complexity index is 1160. The highest BCUT2D eigenvalue weighted by molar-refractivity contribution is 7.18. The Morgan fingerprint density at radius 2 is 2.10 bits per heavy atom. The van der Waals surface area contributed by atoms with Crippen LogP contribution in [0.3, 0.4) is 0 Å². The molecule has 0 bridgehead atoms. The molecule has 5 rings (SSSR count). The first-order valence-corrected chi connectivity index (χ1v) is 10.8. The van der Waals surface area contributed by atoms with E-state index in [1.54, 1.807) is 29.5 Å². The van der Waals surface area contributed by atoms with E-state index in [-0.39, 0.29) is 17.9 Å². The van der Waals surface area contributed by atoms with Crippen molar-refractivity contribution >= 4 is 27.3 Å². The summed E-state index contributed by atoms with van der Waals surface area (Å²) in [4.78, 5) is 32.5. The SMILES string of the molecule is C[C@H]1CCc2c(sc3ncn(CC(=O)c4ccc5c(c4)OCCCO5)c(=O)c23)C1. The van der Waals surface area contributed by atoms with E-state index < -0.39 is 0 Å². The van der Waals surface area contributed by atoms with E-state index in [9.17, 15) is 9.59 Å². The van der Waals surface area contributed by atoms with Crippen LogP contribution in [-0.4, -0.2) is 28.5 Å². The summed E-state index contributed by atoms with van der Waals surface area (Å²) in [7, 11) is 0. The van der Waals surface area contributed by atoms with Gasteiger partial charge >= 0.3 is 0 Å². The fraction of sp³-hybridized carbons (Fsp3) is 0.409. The lowest BCUT2D eigenvalue weighted by molar-refractivity contribution is 0.0970. The van der Waals surface area contributed by atoms with Crippen molar-refractivity contribution in [3.05, 3.63) is 50.9 Å². The molecule has 3 heterocycles. The number of thiophene rings is 1. The summed E-state index contributed by atoms with van der Waals surface area (Å²) in [5, 5.41) is 0.700. The second-order valence-electron chi connectivity index (χ2n) is 7.84. The van der Waals surface area contributed by atoms with Crippen LogP contribution in [0.25, 0.3) is 10.2 Å². The predicted molar refractivity (Wildman–Crippen MR) is 111 cm³/mol. The Hall–Kier alpha value is -2.67. The van der Waals surface area contributed by atoms with Gasteiger partial charge in [0.15, 0.2) is 17.3 Å². The van der Waals surface area contributed by atoms with Crippen LogP contribution in [0.5, 0.6) is 11.5 Å². The molecule has 0 N–H and O–H groups in total. The molecular formula is C22H22N2O4S. The Morgan fingerprint density at radius 1 is 1.28 bits per heavy atom. The summed E-state index contributed by atoms with van der Waals surface area (Å²) in [6.45, 7) is 3.37. The molecule has 0 saturated heterocycles. The van der Waals surface area contributed by atoms with Crippen LogP contribution in [-0.2, 0) is 19.4 Å². The van der Waals surface area contributed by atoms with Gasteiger partial charge in [-0.1, -0.05) is 6.92 Å². The fourth-order valence-electron chi connectivity index (χ4n) is 4.06. The molecule has 2 aromatic heterocycles. The largest absolute Gasteiger partial charge is 0.490 e. The van der Waals surface area contributed by atoms with Gasteiger partial charge in [-0.25, -0.2) is 4.98 Å². The Kier molecular flexibility index (Phi) is 4.62. The van der Waals surface area contributed by atoms with Crippen molar-refractivity contribution in [3.63, 3.8) is 0 Å². The van der Waals surface area contributed by atoms with E-state index in [0.717, 1.165) is 36.1 Å². The minimum Gasteiger partial charge on any atom is -0.490 e. The number of ketones is 1. The van der Waals surface area contributed by atoms with Gasteiger partial charge in [0.1, 0.15) is 4.83 Å². The molecule has 3 aromatic rings. The van der Waals surface area contributed by atoms with Gasteiger partial charge in [-0.05, 0) is 48.9 Å². The molecule has 0 saturated carbocycles. The van der Waals surface area contributed by atoms with Crippen molar-refractivity contribution < 1.29 is 14.3 Å². The minimum absolute atomic E-state index is 0.0392. The van der Waals surface area contributed by atoms with Gasteiger partial charge in [0, 0.05) is 16.9 Å². The summed E-state index contributed by atoms with van der Waals surface area (Å²) >= 11 is 1.62. The number of Topliss-reactive ketones (excluding diaryl/α,β-unsaturated/α-hetero) is 1. The van der Waals surface area contributed by atoms with Gasteiger partial charge in [0.2, 0.25) is 0 Å². The lowest BCUT2D eigenvalue weighted by atomic mass is 9.89. The van der Waals surface area contributed by atoms with Gasteiger partial charge in [-0.15, -0.1) is 11.3 Å². The van der Waals surface area contributed by atoms with Crippen molar-refractivity contribution in [1.29, 1.82) is 0 Å². The maximum atomic E-state index is 13.1. The molecule has 6 nitrogen and oxygen atoms in total. The number of ether oxygens (including phenoxy) is 2. The highest BCUT2D eigenvalue weighted by atomic mass is 32.1. The van der Waals surface area contributed by atoms with Gasteiger partial charge in [-0.2, -0.15) is 0 Å². The van der Waals surface area contributed by atoms with Crippen LogP contribution in [0.15, 0.2) is 29.3 Å². The summed E-state index contributed by atoms with van der Waals surface area (Å²) in [5.41, 5.74) is 1.52. The van der Waals surface area contributed by atoms with E-state index in [0.29, 0.717) is 41.6 Å². The lowest BCUT2D eigenvalue weighted by Crippen LogP contribution is -2.25. The zero-order valence-electron chi connectivity index (χ0n) is 16.3. The van der Waals surface area contributed by atoms with Gasteiger partial charge in [0.05, 0.1) is 31.5 Å². The molecule has 1 atom stereocenters. The summed E-state index contributed by atoms with van der Waals surface area (Å²) in [6.07, 6.45) is 5.31. The van der Waals surface area contributed by atoms with Crippen molar-refractivity contribution in [2.45, 2.75) is 39.2 Å². The van der Waals surface area contributed by atoms with Gasteiger partial charge in [0.25, 0.3) is 5.56 Å². The van der Waals surface area contributed by atoms with E-state index >= 15 is 0 Å². The Morgan fingerprint density at radius 3 is 2.97 bits per heavy atom. The molecule has 0 spiro atoms. The molecule has 0 fully saturated rings. The molecule has 1 aliphatic carbocycles. The molecular weight excluding hydrogens is 388 g/mol. The van der Waals surface area contributed by atoms with E-state index in [4.69, 9.17) is 9.47 Å². The third-order valence-electron chi connectivity index (χ3n) is 5.67. The zero-order chi connectivity index (χ0) is 20.0. The number of fused-ring (bicyclic) bond motifs is 4. The second-order valence-corrected chi connectivity index (χ2v) is 8.93. The molecule has 150 valence electrons. The first-order chi connectivity index (χ1) is 14.1. The van der Waals surface area contributed by atoms with E-state index in [1.165, 1.54) is 15.8 Å². The number of nitrogens with zero attached hydrogens (tertiary/aromatic N) is 2. The monoisotopic (exact) mass is 410 g/mol. The first kappa shape index (κ1) is 18.4. The Labute approximate surface area is 172 Å². The summed E-state index contributed by atoms with van der Waals surface area (Å²) in [5.74, 6) is 1.72. The lowest BCUT2D eigenvalue weighted by Gasteiger charge is -2.17. The number of benzene rings is 1. The van der Waals surface area contributed by atoms with Crippen LogP contribution in [0, 0.1) is 5.92 Å². The average Bonchev–Trinajstić information content (AvgIpc) is 2.91. The first-order valence-electron chi connectivity index (χ1n) is 10.0. The number of rotatable bonds is 3. The number of carbonyl (C=O) groups excluding carboxylic acids is 1. The highest BCUT2D eigenvalue weighted by Crippen LogP contribution is 2.35. The van der Waals surface area contributed by atoms with Crippen LogP contribution in [0.2, 0.25) is 0 Å². The Balaban J connectivity index is 1.46. The fourth-order valence-corrected chi connectivity index (χ4v) is 5.40. The molecule has 0 unspecified atom stereocenters. The average molecular weight is 410 g/mol. The number of hydrogen-bond donors (Lipinski definition) is 0. The number of carbonyl (C=O) groups is 1. The summed E-state index contributed by atoms with van der Waals surface area (Å²) in [6, 6.07) is 5.18. The normalized spacial score (nSPS) is 18.3. The van der Waals surface area contributed by atoms with Crippen molar-refractivity contribution in [2.75, 3.05) is 13.2 Å². The predicted octanol–water partition coefficient (Wildman–Crippen LogP) is 3.63. The third-order valence-corrected chi connectivity index (χ3v) is 6.83. The second kappa shape index (κ2) is 7.30.